The number of hydrogen-bond acceptors (Lipinski definition) is 3. The van der Waals surface area contributed by atoms with Crippen LogP contribution in [0.4, 0.5) is 5.69 Å². The van der Waals surface area contributed by atoms with Gasteiger partial charge in [-0.05, 0) is 18.9 Å². The number of carbonyl (C=O) groups excluding carboxylic acids is 1. The molecule has 0 fully saturated rings. The highest BCUT2D eigenvalue weighted by molar-refractivity contribution is 6.35. The van der Waals surface area contributed by atoms with Gasteiger partial charge >= 0.3 is 0 Å². The van der Waals surface area contributed by atoms with Crippen molar-refractivity contribution in [1.82, 2.24) is 4.90 Å². The molecule has 0 aliphatic rings. The molecule has 1 aromatic carbocycles. The molecule has 104 valence electrons. The zero-order chi connectivity index (χ0) is 14.6. The monoisotopic (exact) mass is 284 g/mol. The van der Waals surface area contributed by atoms with Gasteiger partial charge in [-0.25, -0.2) is 0 Å². The quantitative estimate of drug-likeness (QED) is 0.615. The summed E-state index contributed by atoms with van der Waals surface area (Å²) < 4.78 is 0. The fourth-order valence-corrected chi connectivity index (χ4v) is 2.07. The summed E-state index contributed by atoms with van der Waals surface area (Å²) in [5.41, 5.74) is -0.0634. The summed E-state index contributed by atoms with van der Waals surface area (Å²) in [6.07, 6.45) is 0. The Kier molecular flexibility index (Phi) is 5.30. The van der Waals surface area contributed by atoms with Gasteiger partial charge in [0.1, 0.15) is 5.02 Å². The normalized spacial score (nSPS) is 10.6. The first-order valence-corrected chi connectivity index (χ1v) is 6.48. The van der Waals surface area contributed by atoms with Crippen molar-refractivity contribution in [2.24, 2.45) is 5.92 Å². The molecule has 0 aliphatic carbocycles. The van der Waals surface area contributed by atoms with Gasteiger partial charge in [-0.3, -0.25) is 14.9 Å². The smallest absolute Gasteiger partial charge is 0.288 e. The van der Waals surface area contributed by atoms with Crippen LogP contribution < -0.4 is 0 Å². The number of nitro groups is 1. The number of benzene rings is 1. The number of nitrogens with zero attached hydrogens (tertiary/aromatic N) is 2. The first kappa shape index (κ1) is 15.4. The molecule has 1 amide bonds. The van der Waals surface area contributed by atoms with Crippen LogP contribution in [-0.2, 0) is 0 Å². The number of nitro benzene ring substituents is 1. The summed E-state index contributed by atoms with van der Waals surface area (Å²) in [5.74, 6) is 0.0475. The number of hydrogen-bond donors (Lipinski definition) is 0. The summed E-state index contributed by atoms with van der Waals surface area (Å²) in [4.78, 5) is 24.2. The molecule has 0 aliphatic heterocycles. The molecule has 0 unspecified atom stereocenters. The number of rotatable bonds is 5. The lowest BCUT2D eigenvalue weighted by Crippen LogP contribution is -2.34. The fourth-order valence-electron chi connectivity index (χ4n) is 1.79. The van der Waals surface area contributed by atoms with Crippen LogP contribution in [0.1, 0.15) is 31.1 Å². The second-order valence-corrected chi connectivity index (χ2v) is 5.01. The van der Waals surface area contributed by atoms with Crippen molar-refractivity contribution in [1.29, 1.82) is 0 Å². The highest BCUT2D eigenvalue weighted by Gasteiger charge is 2.23. The Hall–Kier alpha value is -1.62. The van der Waals surface area contributed by atoms with E-state index in [0.717, 1.165) is 0 Å². The molecule has 0 heterocycles. The minimum atomic E-state index is -0.585. The topological polar surface area (TPSA) is 63.5 Å². The maximum absolute atomic E-state index is 12.3. The number of carbonyl (C=O) groups is 1. The van der Waals surface area contributed by atoms with Crippen molar-refractivity contribution in [2.45, 2.75) is 20.8 Å². The standard InChI is InChI=1S/C13H17ClN2O3/c1-4-15(8-9(2)3)13(17)10-6-5-7-11(12(10)14)16(18)19/h5-7,9H,4,8H2,1-3H3. The number of amides is 1. The largest absolute Gasteiger partial charge is 0.339 e. The van der Waals surface area contributed by atoms with Crippen molar-refractivity contribution >= 4 is 23.2 Å². The molecule has 0 N–H and O–H groups in total. The SMILES string of the molecule is CCN(CC(C)C)C(=O)c1cccc([N+](=O)[O-])c1Cl. The Morgan fingerprint density at radius 2 is 2.11 bits per heavy atom. The molecule has 0 bridgehead atoms. The third-order valence-corrected chi connectivity index (χ3v) is 3.06. The highest BCUT2D eigenvalue weighted by atomic mass is 35.5. The maximum atomic E-state index is 12.3. The average Bonchev–Trinajstić information content (AvgIpc) is 2.34. The predicted molar refractivity (Wildman–Crippen MR) is 74.5 cm³/mol. The minimum absolute atomic E-state index is 0.0975. The van der Waals surface area contributed by atoms with Gasteiger partial charge in [-0.1, -0.05) is 31.5 Å². The third kappa shape index (κ3) is 3.67. The molecular weight excluding hydrogens is 268 g/mol. The number of halogens is 1. The summed E-state index contributed by atoms with van der Waals surface area (Å²) in [7, 11) is 0. The van der Waals surface area contributed by atoms with E-state index in [0.29, 0.717) is 19.0 Å². The third-order valence-electron chi connectivity index (χ3n) is 2.66. The van der Waals surface area contributed by atoms with Crippen LogP contribution >= 0.6 is 11.6 Å². The molecule has 5 nitrogen and oxygen atoms in total. The van der Waals surface area contributed by atoms with Crippen molar-refractivity contribution in [2.75, 3.05) is 13.1 Å². The van der Waals surface area contributed by atoms with Crippen molar-refractivity contribution in [3.05, 3.63) is 38.9 Å². The molecule has 1 rings (SSSR count). The lowest BCUT2D eigenvalue weighted by molar-refractivity contribution is -0.384. The zero-order valence-electron chi connectivity index (χ0n) is 11.2. The molecule has 0 atom stereocenters. The summed E-state index contributed by atoms with van der Waals surface area (Å²) in [5, 5.41) is 10.7. The fraction of sp³-hybridized carbons (Fsp3) is 0.462. The summed E-state index contributed by atoms with van der Waals surface area (Å²) >= 11 is 5.95. The Morgan fingerprint density at radius 1 is 1.47 bits per heavy atom. The zero-order valence-corrected chi connectivity index (χ0v) is 12.0. The highest BCUT2D eigenvalue weighted by Crippen LogP contribution is 2.28. The van der Waals surface area contributed by atoms with Gasteiger partial charge in [0, 0.05) is 19.2 Å². The molecule has 6 heteroatoms. The lowest BCUT2D eigenvalue weighted by atomic mass is 10.1. The van der Waals surface area contributed by atoms with E-state index >= 15 is 0 Å². The first-order chi connectivity index (χ1) is 8.88. The maximum Gasteiger partial charge on any atom is 0.288 e. The van der Waals surface area contributed by atoms with Crippen LogP contribution in [0.2, 0.25) is 5.02 Å². The first-order valence-electron chi connectivity index (χ1n) is 6.10. The van der Waals surface area contributed by atoms with Gasteiger partial charge in [-0.15, -0.1) is 0 Å². The van der Waals surface area contributed by atoms with Crippen molar-refractivity contribution in [3.63, 3.8) is 0 Å². The molecule has 1 aromatic rings. The van der Waals surface area contributed by atoms with Crippen LogP contribution in [0.15, 0.2) is 18.2 Å². The molecule has 0 aromatic heterocycles. The predicted octanol–water partition coefficient (Wildman–Crippen LogP) is 3.37. The van der Waals surface area contributed by atoms with E-state index < -0.39 is 4.92 Å². The van der Waals surface area contributed by atoms with E-state index in [9.17, 15) is 14.9 Å². The molecule has 0 spiro atoms. The van der Waals surface area contributed by atoms with Gasteiger partial charge in [0.2, 0.25) is 0 Å². The second kappa shape index (κ2) is 6.52. The summed E-state index contributed by atoms with van der Waals surface area (Å²) in [6.45, 7) is 7.01. The van der Waals surface area contributed by atoms with Crippen LogP contribution in [-0.4, -0.2) is 28.8 Å². The Bertz CT molecular complexity index is 489. The Balaban J connectivity index is 3.11. The molecule has 0 saturated carbocycles. The van der Waals surface area contributed by atoms with Crippen LogP contribution in [0.5, 0.6) is 0 Å². The van der Waals surface area contributed by atoms with Gasteiger partial charge in [0.05, 0.1) is 10.5 Å². The molecule has 0 saturated heterocycles. The lowest BCUT2D eigenvalue weighted by Gasteiger charge is -2.23. The van der Waals surface area contributed by atoms with Gasteiger partial charge in [0.15, 0.2) is 0 Å². The summed E-state index contributed by atoms with van der Waals surface area (Å²) in [6, 6.07) is 4.28. The second-order valence-electron chi connectivity index (χ2n) is 4.63. The minimum Gasteiger partial charge on any atom is -0.339 e. The van der Waals surface area contributed by atoms with Gasteiger partial charge in [-0.2, -0.15) is 0 Å². The molecule has 0 radical (unpaired) electrons. The molecular formula is C13H17ClN2O3. The Labute approximate surface area is 117 Å². The van der Waals surface area contributed by atoms with E-state index in [4.69, 9.17) is 11.6 Å². The van der Waals surface area contributed by atoms with E-state index in [1.807, 2.05) is 20.8 Å². The van der Waals surface area contributed by atoms with Crippen molar-refractivity contribution in [3.8, 4) is 0 Å². The molecule has 19 heavy (non-hydrogen) atoms. The van der Waals surface area contributed by atoms with Crippen LogP contribution in [0.3, 0.4) is 0 Å². The van der Waals surface area contributed by atoms with Gasteiger partial charge in [0.25, 0.3) is 11.6 Å². The van der Waals surface area contributed by atoms with E-state index in [1.165, 1.54) is 18.2 Å². The van der Waals surface area contributed by atoms with E-state index in [2.05, 4.69) is 0 Å². The van der Waals surface area contributed by atoms with Gasteiger partial charge < -0.3 is 4.90 Å². The van der Waals surface area contributed by atoms with Crippen LogP contribution in [0.25, 0.3) is 0 Å². The van der Waals surface area contributed by atoms with Crippen LogP contribution in [0, 0.1) is 16.0 Å². The average molecular weight is 285 g/mol. The Morgan fingerprint density at radius 3 is 2.58 bits per heavy atom. The van der Waals surface area contributed by atoms with E-state index in [-0.39, 0.29) is 22.2 Å². The van der Waals surface area contributed by atoms with Crippen molar-refractivity contribution < 1.29 is 9.72 Å². The van der Waals surface area contributed by atoms with E-state index in [1.54, 1.807) is 4.90 Å².